The van der Waals surface area contributed by atoms with Crippen LogP contribution in [-0.2, 0) is 0 Å². The van der Waals surface area contributed by atoms with E-state index in [1.807, 2.05) is 37.3 Å². The molecule has 1 heterocycles. The zero-order chi connectivity index (χ0) is 9.26. The molecule has 2 aromatic rings. The topological polar surface area (TPSA) is 51.5 Å². The van der Waals surface area contributed by atoms with Crippen LogP contribution in [0.3, 0.4) is 0 Å². The standard InChI is InChI=1S/C10H10N2O/c1-7(12-11)10-6-8-4-2-3-5-9(8)13-10/h2-6H,11H2,1H3/b12-7+. The van der Waals surface area contributed by atoms with Crippen molar-refractivity contribution in [2.45, 2.75) is 6.92 Å². The average molecular weight is 174 g/mol. The smallest absolute Gasteiger partial charge is 0.151 e. The summed E-state index contributed by atoms with van der Waals surface area (Å²) in [6.45, 7) is 1.82. The molecule has 0 spiro atoms. The Balaban J connectivity index is 2.62. The van der Waals surface area contributed by atoms with Crippen molar-refractivity contribution in [2.75, 3.05) is 0 Å². The first-order valence-corrected chi connectivity index (χ1v) is 4.04. The number of nitrogens with zero attached hydrogens (tertiary/aromatic N) is 1. The van der Waals surface area contributed by atoms with Crippen molar-refractivity contribution >= 4 is 16.7 Å². The summed E-state index contributed by atoms with van der Waals surface area (Å²) in [5.74, 6) is 5.88. The summed E-state index contributed by atoms with van der Waals surface area (Å²) >= 11 is 0. The Morgan fingerprint density at radius 3 is 2.85 bits per heavy atom. The number of hydrogen-bond donors (Lipinski definition) is 1. The second-order valence-corrected chi connectivity index (χ2v) is 2.86. The normalized spacial score (nSPS) is 12.2. The Bertz CT molecular complexity index is 424. The highest BCUT2D eigenvalue weighted by Gasteiger charge is 2.04. The lowest BCUT2D eigenvalue weighted by Crippen LogP contribution is -1.95. The summed E-state index contributed by atoms with van der Waals surface area (Å²) in [5, 5.41) is 4.65. The van der Waals surface area contributed by atoms with Crippen molar-refractivity contribution in [3.63, 3.8) is 0 Å². The Morgan fingerprint density at radius 2 is 2.15 bits per heavy atom. The zero-order valence-corrected chi connectivity index (χ0v) is 7.32. The third kappa shape index (κ3) is 1.28. The SMILES string of the molecule is C/C(=N\N)c1cc2ccccc2o1. The third-order valence-corrected chi connectivity index (χ3v) is 1.98. The Kier molecular flexibility index (Phi) is 1.77. The highest BCUT2D eigenvalue weighted by atomic mass is 16.3. The van der Waals surface area contributed by atoms with Gasteiger partial charge in [-0.25, -0.2) is 0 Å². The number of furan rings is 1. The van der Waals surface area contributed by atoms with Crippen molar-refractivity contribution in [2.24, 2.45) is 10.9 Å². The Morgan fingerprint density at radius 1 is 1.38 bits per heavy atom. The summed E-state index contributed by atoms with van der Waals surface area (Å²) in [6.07, 6.45) is 0. The van der Waals surface area contributed by atoms with Crippen LogP contribution >= 0.6 is 0 Å². The third-order valence-electron chi connectivity index (χ3n) is 1.98. The van der Waals surface area contributed by atoms with Crippen LogP contribution in [0.5, 0.6) is 0 Å². The van der Waals surface area contributed by atoms with Crippen molar-refractivity contribution in [3.8, 4) is 0 Å². The second-order valence-electron chi connectivity index (χ2n) is 2.86. The van der Waals surface area contributed by atoms with Crippen LogP contribution in [0.15, 0.2) is 39.9 Å². The molecule has 66 valence electrons. The van der Waals surface area contributed by atoms with E-state index in [-0.39, 0.29) is 0 Å². The molecular weight excluding hydrogens is 164 g/mol. The van der Waals surface area contributed by atoms with Gasteiger partial charge in [0, 0.05) is 5.39 Å². The van der Waals surface area contributed by atoms with E-state index in [2.05, 4.69) is 5.10 Å². The fourth-order valence-corrected chi connectivity index (χ4v) is 1.22. The van der Waals surface area contributed by atoms with Gasteiger partial charge in [0.05, 0.1) is 5.71 Å². The molecule has 0 aliphatic carbocycles. The van der Waals surface area contributed by atoms with E-state index >= 15 is 0 Å². The monoisotopic (exact) mass is 174 g/mol. The van der Waals surface area contributed by atoms with Crippen LogP contribution in [-0.4, -0.2) is 5.71 Å². The largest absolute Gasteiger partial charge is 0.455 e. The molecule has 0 radical (unpaired) electrons. The molecule has 0 fully saturated rings. The number of benzene rings is 1. The lowest BCUT2D eigenvalue weighted by Gasteiger charge is -1.89. The highest BCUT2D eigenvalue weighted by molar-refractivity contribution is 5.99. The average Bonchev–Trinajstić information content (AvgIpc) is 2.59. The number of para-hydroxylation sites is 1. The predicted molar refractivity (Wildman–Crippen MR) is 52.6 cm³/mol. The van der Waals surface area contributed by atoms with Gasteiger partial charge < -0.3 is 10.3 Å². The highest BCUT2D eigenvalue weighted by Crippen LogP contribution is 2.18. The molecule has 2 N–H and O–H groups in total. The molecule has 0 aliphatic rings. The van der Waals surface area contributed by atoms with Crippen LogP contribution in [0.2, 0.25) is 0 Å². The molecule has 0 unspecified atom stereocenters. The quantitative estimate of drug-likeness (QED) is 0.409. The summed E-state index contributed by atoms with van der Waals surface area (Å²) in [5.41, 5.74) is 1.57. The van der Waals surface area contributed by atoms with Gasteiger partial charge in [0.25, 0.3) is 0 Å². The van der Waals surface area contributed by atoms with Crippen molar-refractivity contribution in [1.29, 1.82) is 0 Å². The van der Waals surface area contributed by atoms with Crippen LogP contribution in [0, 0.1) is 0 Å². The first-order valence-electron chi connectivity index (χ1n) is 4.04. The van der Waals surface area contributed by atoms with E-state index in [4.69, 9.17) is 10.3 Å². The molecule has 0 bridgehead atoms. The first-order chi connectivity index (χ1) is 6.31. The van der Waals surface area contributed by atoms with E-state index in [0.717, 1.165) is 16.7 Å². The molecule has 0 amide bonds. The maximum absolute atomic E-state index is 5.51. The maximum atomic E-state index is 5.51. The molecular formula is C10H10N2O. The van der Waals surface area contributed by atoms with Gasteiger partial charge in [-0.2, -0.15) is 5.10 Å². The van der Waals surface area contributed by atoms with Gasteiger partial charge in [0.2, 0.25) is 0 Å². The minimum Gasteiger partial charge on any atom is -0.455 e. The van der Waals surface area contributed by atoms with Gasteiger partial charge in [0.1, 0.15) is 5.58 Å². The van der Waals surface area contributed by atoms with Gasteiger partial charge >= 0.3 is 0 Å². The van der Waals surface area contributed by atoms with Crippen molar-refractivity contribution in [3.05, 3.63) is 36.1 Å². The predicted octanol–water partition coefficient (Wildman–Crippen LogP) is 2.12. The molecule has 1 aromatic heterocycles. The summed E-state index contributed by atoms with van der Waals surface area (Å²) in [6, 6.07) is 9.75. The number of hydrogen-bond acceptors (Lipinski definition) is 3. The molecule has 0 saturated heterocycles. The lowest BCUT2D eigenvalue weighted by molar-refractivity contribution is 0.604. The van der Waals surface area contributed by atoms with E-state index in [1.54, 1.807) is 0 Å². The molecule has 13 heavy (non-hydrogen) atoms. The van der Waals surface area contributed by atoms with Gasteiger partial charge in [0.15, 0.2) is 5.76 Å². The van der Waals surface area contributed by atoms with Gasteiger partial charge in [-0.05, 0) is 19.1 Å². The van der Waals surface area contributed by atoms with E-state index in [0.29, 0.717) is 5.71 Å². The number of nitrogens with two attached hydrogens (primary N) is 1. The number of fused-ring (bicyclic) bond motifs is 1. The summed E-state index contributed by atoms with van der Waals surface area (Å²) in [7, 11) is 0. The molecule has 2 rings (SSSR count). The molecule has 3 nitrogen and oxygen atoms in total. The fourth-order valence-electron chi connectivity index (χ4n) is 1.22. The summed E-state index contributed by atoms with van der Waals surface area (Å²) in [4.78, 5) is 0. The molecule has 3 heteroatoms. The number of hydrazone groups is 1. The second kappa shape index (κ2) is 2.94. The van der Waals surface area contributed by atoms with E-state index in [9.17, 15) is 0 Å². The van der Waals surface area contributed by atoms with Crippen molar-refractivity contribution < 1.29 is 4.42 Å². The Labute approximate surface area is 75.8 Å². The first kappa shape index (κ1) is 7.86. The van der Waals surface area contributed by atoms with E-state index in [1.165, 1.54) is 0 Å². The lowest BCUT2D eigenvalue weighted by atomic mass is 10.2. The van der Waals surface area contributed by atoms with Crippen LogP contribution in [0.1, 0.15) is 12.7 Å². The fraction of sp³-hybridized carbons (Fsp3) is 0.100. The minimum atomic E-state index is 0.705. The van der Waals surface area contributed by atoms with E-state index < -0.39 is 0 Å². The zero-order valence-electron chi connectivity index (χ0n) is 7.32. The number of rotatable bonds is 1. The van der Waals surface area contributed by atoms with Gasteiger partial charge in [-0.15, -0.1) is 0 Å². The van der Waals surface area contributed by atoms with Gasteiger partial charge in [-0.3, -0.25) is 0 Å². The Hall–Kier alpha value is -1.77. The minimum absolute atomic E-state index is 0.705. The van der Waals surface area contributed by atoms with Gasteiger partial charge in [-0.1, -0.05) is 18.2 Å². The molecule has 0 aliphatic heterocycles. The van der Waals surface area contributed by atoms with Crippen LogP contribution in [0.25, 0.3) is 11.0 Å². The molecule has 1 aromatic carbocycles. The maximum Gasteiger partial charge on any atom is 0.151 e. The van der Waals surface area contributed by atoms with Crippen LogP contribution < -0.4 is 5.84 Å². The van der Waals surface area contributed by atoms with Crippen molar-refractivity contribution in [1.82, 2.24) is 0 Å². The van der Waals surface area contributed by atoms with Crippen LogP contribution in [0.4, 0.5) is 0 Å². The summed E-state index contributed by atoms with van der Waals surface area (Å²) < 4.78 is 5.51. The molecule has 0 saturated carbocycles. The molecule has 0 atom stereocenters.